The molecule has 0 saturated heterocycles. The second kappa shape index (κ2) is 10.5. The second-order valence-electron chi connectivity index (χ2n) is 10.7. The highest BCUT2D eigenvalue weighted by molar-refractivity contribution is 6.30. The minimum absolute atomic E-state index is 0.318. The van der Waals surface area contributed by atoms with Gasteiger partial charge in [-0.3, -0.25) is 0 Å². The molecule has 0 amide bonds. The molecule has 0 fully saturated rings. The van der Waals surface area contributed by atoms with Gasteiger partial charge in [-0.2, -0.15) is 0 Å². The average Bonchev–Trinajstić information content (AvgIpc) is 3.52. The van der Waals surface area contributed by atoms with Crippen molar-refractivity contribution < 1.29 is 15.3 Å². The monoisotopic (exact) mass is 568 g/mol. The molecule has 3 N–H and O–H groups in total. The molecule has 4 aromatic rings. The van der Waals surface area contributed by atoms with Gasteiger partial charge in [0.15, 0.2) is 5.76 Å². The van der Waals surface area contributed by atoms with Gasteiger partial charge in [-0.1, -0.05) is 103 Å². The Balaban J connectivity index is 1.79. The van der Waals surface area contributed by atoms with E-state index in [9.17, 15) is 15.3 Å². The van der Waals surface area contributed by atoms with E-state index in [4.69, 9.17) is 18.0 Å². The van der Waals surface area contributed by atoms with E-state index < -0.39 is 22.7 Å². The van der Waals surface area contributed by atoms with Crippen molar-refractivity contribution in [3.63, 3.8) is 0 Å². The minimum Gasteiger partial charge on any atom is -0.504 e. The lowest BCUT2D eigenvalue weighted by atomic mass is 9.70. The van der Waals surface area contributed by atoms with Crippen molar-refractivity contribution in [2.24, 2.45) is 0 Å². The zero-order valence-corrected chi connectivity index (χ0v) is 24.1. The van der Waals surface area contributed by atoms with Crippen LogP contribution >= 0.6 is 11.6 Å². The van der Waals surface area contributed by atoms with Crippen LogP contribution in [0.3, 0.4) is 0 Å². The van der Waals surface area contributed by atoms with Crippen LogP contribution in [-0.4, -0.2) is 15.3 Å². The van der Waals surface area contributed by atoms with Gasteiger partial charge in [-0.05, 0) is 94.0 Å². The number of benzene rings is 4. The molecule has 42 heavy (non-hydrogen) atoms. The minimum atomic E-state index is -0.733. The normalized spacial score (nSPS) is 21.3. The molecule has 1 unspecified atom stereocenters. The summed E-state index contributed by atoms with van der Waals surface area (Å²) in [4.78, 5) is 0. The number of aliphatic hydroxyl groups is 3. The molecule has 0 saturated carbocycles. The first-order chi connectivity index (χ1) is 20.3. The predicted molar refractivity (Wildman–Crippen MR) is 172 cm³/mol. The highest BCUT2D eigenvalue weighted by Crippen LogP contribution is 2.65. The molecular weight excluding hydrogens is 540 g/mol. The maximum Gasteiger partial charge on any atom is 0.213 e. The SMILES string of the molecule is C#C/C(O)=C(O)\C(O)=C1/CC2(C(=C(C)c3ccccc3)/C(=C(\C)c3ccccc3)c3ccccc32)c2ccc(Cl)cc21. The van der Waals surface area contributed by atoms with E-state index in [1.165, 1.54) is 0 Å². The molecule has 0 radical (unpaired) electrons. The Morgan fingerprint density at radius 3 is 1.95 bits per heavy atom. The van der Waals surface area contributed by atoms with Crippen LogP contribution in [0, 0.1) is 12.3 Å². The standard InChI is InChI=1S/C38H29ClO3/c1-4-33(40)37(42)36(41)30-22-38(32-20-19-27(39)21-29(30)32)31-18-12-11-17-28(31)34(23(2)25-13-7-5-8-14-25)35(38)24(3)26-15-9-6-10-16-26/h1,5-21,40-42H,22H2,2-3H3/b34-23+,35-24?,36-30-,37-33-. The van der Waals surface area contributed by atoms with Crippen LogP contribution < -0.4 is 0 Å². The Morgan fingerprint density at radius 1 is 0.738 bits per heavy atom. The highest BCUT2D eigenvalue weighted by Gasteiger charge is 2.54. The third-order valence-corrected chi connectivity index (χ3v) is 8.81. The number of hydrogen-bond acceptors (Lipinski definition) is 3. The molecule has 206 valence electrons. The van der Waals surface area contributed by atoms with Crippen LogP contribution in [-0.2, 0) is 5.41 Å². The molecule has 4 heteroatoms. The number of halogens is 1. The number of allylic oxidation sites excluding steroid dienone is 6. The Morgan fingerprint density at radius 2 is 1.31 bits per heavy atom. The summed E-state index contributed by atoms with van der Waals surface area (Å²) in [5, 5.41) is 32.8. The van der Waals surface area contributed by atoms with Crippen molar-refractivity contribution in [3.8, 4) is 12.3 Å². The molecule has 2 aliphatic carbocycles. The summed E-state index contributed by atoms with van der Waals surface area (Å²) in [6, 6.07) is 34.7. The van der Waals surface area contributed by atoms with Crippen molar-refractivity contribution in [3.05, 3.63) is 164 Å². The van der Waals surface area contributed by atoms with Crippen molar-refractivity contribution in [2.45, 2.75) is 25.7 Å². The summed E-state index contributed by atoms with van der Waals surface area (Å²) >= 11 is 6.53. The zero-order chi connectivity index (χ0) is 29.6. The largest absolute Gasteiger partial charge is 0.504 e. The van der Waals surface area contributed by atoms with Gasteiger partial charge in [0, 0.05) is 10.6 Å². The van der Waals surface area contributed by atoms with Gasteiger partial charge in [0.05, 0.1) is 5.41 Å². The molecule has 0 bridgehead atoms. The summed E-state index contributed by atoms with van der Waals surface area (Å²) in [5.74, 6) is 0.0954. The summed E-state index contributed by atoms with van der Waals surface area (Å²) in [7, 11) is 0. The molecule has 0 aromatic heterocycles. The van der Waals surface area contributed by atoms with E-state index in [1.807, 2.05) is 60.5 Å². The summed E-state index contributed by atoms with van der Waals surface area (Å²) < 4.78 is 0. The third kappa shape index (κ3) is 4.07. The van der Waals surface area contributed by atoms with Crippen molar-refractivity contribution >= 4 is 33.9 Å². The Bertz CT molecular complexity index is 1900. The number of hydrogen-bond donors (Lipinski definition) is 3. The van der Waals surface area contributed by atoms with E-state index in [-0.39, 0.29) is 0 Å². The van der Waals surface area contributed by atoms with Crippen LogP contribution in [0.5, 0.6) is 0 Å². The smallest absolute Gasteiger partial charge is 0.213 e. The highest BCUT2D eigenvalue weighted by atomic mass is 35.5. The molecule has 6 rings (SSSR count). The zero-order valence-electron chi connectivity index (χ0n) is 23.3. The lowest BCUT2D eigenvalue weighted by Crippen LogP contribution is -2.24. The van der Waals surface area contributed by atoms with Crippen LogP contribution in [0.4, 0.5) is 0 Å². The number of rotatable bonds is 3. The van der Waals surface area contributed by atoms with Crippen LogP contribution in [0.2, 0.25) is 5.02 Å². The van der Waals surface area contributed by atoms with Crippen LogP contribution in [0.15, 0.2) is 126 Å². The van der Waals surface area contributed by atoms with Crippen molar-refractivity contribution in [2.75, 3.05) is 0 Å². The number of fused-ring (bicyclic) bond motifs is 4. The molecular formula is C38H29ClO3. The van der Waals surface area contributed by atoms with E-state index in [1.54, 1.807) is 6.07 Å². The molecule has 2 aliphatic rings. The molecule has 3 nitrogen and oxygen atoms in total. The first-order valence-electron chi connectivity index (χ1n) is 13.7. The van der Waals surface area contributed by atoms with E-state index in [0.29, 0.717) is 22.6 Å². The number of aliphatic hydroxyl groups excluding tert-OH is 3. The lowest BCUT2D eigenvalue weighted by Gasteiger charge is -2.31. The van der Waals surface area contributed by atoms with Gasteiger partial charge in [0.25, 0.3) is 0 Å². The van der Waals surface area contributed by atoms with Crippen molar-refractivity contribution in [1.29, 1.82) is 0 Å². The topological polar surface area (TPSA) is 60.7 Å². The molecule has 1 spiro atoms. The van der Waals surface area contributed by atoms with Crippen LogP contribution in [0.25, 0.3) is 22.3 Å². The first kappa shape index (κ1) is 27.3. The maximum absolute atomic E-state index is 11.4. The average molecular weight is 569 g/mol. The Labute approximate surface area is 251 Å². The van der Waals surface area contributed by atoms with Gasteiger partial charge in [0.2, 0.25) is 11.5 Å². The van der Waals surface area contributed by atoms with Gasteiger partial charge in [0.1, 0.15) is 0 Å². The van der Waals surface area contributed by atoms with Gasteiger partial charge in [-0.25, -0.2) is 0 Å². The number of terminal acetylenes is 1. The first-order valence-corrected chi connectivity index (χ1v) is 14.1. The Hall–Kier alpha value is -4.91. The fourth-order valence-corrected chi connectivity index (χ4v) is 6.88. The lowest BCUT2D eigenvalue weighted by molar-refractivity contribution is 0.294. The van der Waals surface area contributed by atoms with Gasteiger partial charge >= 0.3 is 0 Å². The fourth-order valence-electron chi connectivity index (χ4n) is 6.71. The Kier molecular flexibility index (Phi) is 6.81. The molecule has 4 aromatic carbocycles. The third-order valence-electron chi connectivity index (χ3n) is 8.58. The van der Waals surface area contributed by atoms with E-state index in [0.717, 1.165) is 50.1 Å². The fraction of sp³-hybridized carbons (Fsp3) is 0.105. The van der Waals surface area contributed by atoms with Gasteiger partial charge < -0.3 is 15.3 Å². The van der Waals surface area contributed by atoms with Crippen LogP contribution in [0.1, 0.15) is 53.6 Å². The maximum atomic E-state index is 11.4. The van der Waals surface area contributed by atoms with Crippen molar-refractivity contribution in [1.82, 2.24) is 0 Å². The summed E-state index contributed by atoms with van der Waals surface area (Å²) in [6.07, 6.45) is 5.67. The second-order valence-corrected chi connectivity index (χ2v) is 11.2. The van der Waals surface area contributed by atoms with Gasteiger partial charge in [-0.15, -0.1) is 6.42 Å². The molecule has 0 heterocycles. The predicted octanol–water partition coefficient (Wildman–Crippen LogP) is 9.68. The van der Waals surface area contributed by atoms with E-state index in [2.05, 4.69) is 56.3 Å². The summed E-state index contributed by atoms with van der Waals surface area (Å²) in [5.41, 5.74) is 10.3. The summed E-state index contributed by atoms with van der Waals surface area (Å²) in [6.45, 7) is 4.31. The molecule has 0 aliphatic heterocycles. The molecule has 1 atom stereocenters. The quantitative estimate of drug-likeness (QED) is 0.170. The van der Waals surface area contributed by atoms with E-state index >= 15 is 0 Å².